The van der Waals surface area contributed by atoms with Crippen molar-refractivity contribution in [1.82, 2.24) is 14.5 Å². The number of aryl methyl sites for hydroxylation is 4. The summed E-state index contributed by atoms with van der Waals surface area (Å²) < 4.78 is 3.33. The SMILES string of the molecule is [C-]#[N+]CCC1CCCN(c2nc(C)nc3c2c(C)cn3-c2c(C)cc(Br)cc2C)C1. The van der Waals surface area contributed by atoms with Gasteiger partial charge in [-0.15, -0.1) is 0 Å². The molecule has 1 aliphatic rings. The molecule has 156 valence electrons. The Bertz CT molecular complexity index is 1120. The van der Waals surface area contributed by atoms with E-state index in [0.29, 0.717) is 12.5 Å². The predicted molar refractivity (Wildman–Crippen MR) is 127 cm³/mol. The maximum Gasteiger partial charge on any atom is 0.215 e. The second-order valence-corrected chi connectivity index (χ2v) is 9.40. The highest BCUT2D eigenvalue weighted by atomic mass is 79.9. The van der Waals surface area contributed by atoms with E-state index in [-0.39, 0.29) is 0 Å². The van der Waals surface area contributed by atoms with Crippen LogP contribution in [0.15, 0.2) is 22.8 Å². The standard InChI is InChI=1S/C24H28BrN5/c1-15-11-20(25)12-16(2)22(15)30-13-17(3)21-23(27-18(4)28-24(21)30)29-10-6-7-19(14-29)8-9-26-5/h11-13,19H,6-10,14H2,1-4H3. The minimum atomic E-state index is 0.566. The van der Waals surface area contributed by atoms with Crippen molar-refractivity contribution in [3.05, 3.63) is 56.7 Å². The summed E-state index contributed by atoms with van der Waals surface area (Å²) >= 11 is 3.61. The Kier molecular flexibility index (Phi) is 5.84. The average Bonchev–Trinajstić information content (AvgIpc) is 3.01. The molecule has 0 spiro atoms. The lowest BCUT2D eigenvalue weighted by atomic mass is 9.94. The lowest BCUT2D eigenvalue weighted by molar-refractivity contribution is 0.400. The summed E-state index contributed by atoms with van der Waals surface area (Å²) in [5.41, 5.74) is 5.80. The Balaban J connectivity index is 1.84. The van der Waals surface area contributed by atoms with Gasteiger partial charge in [0.1, 0.15) is 11.6 Å². The first kappa shape index (κ1) is 20.9. The van der Waals surface area contributed by atoms with E-state index in [0.717, 1.165) is 53.1 Å². The van der Waals surface area contributed by atoms with Crippen LogP contribution in [0.5, 0.6) is 0 Å². The van der Waals surface area contributed by atoms with Gasteiger partial charge < -0.3 is 14.3 Å². The Morgan fingerprint density at radius 2 is 1.87 bits per heavy atom. The topological polar surface area (TPSA) is 38.3 Å². The van der Waals surface area contributed by atoms with Crippen LogP contribution >= 0.6 is 15.9 Å². The van der Waals surface area contributed by atoms with Crippen LogP contribution in [0.1, 0.15) is 41.8 Å². The zero-order chi connectivity index (χ0) is 21.4. The molecule has 1 saturated heterocycles. The Hall–Kier alpha value is -2.39. The van der Waals surface area contributed by atoms with Crippen molar-refractivity contribution in [2.45, 2.75) is 47.0 Å². The van der Waals surface area contributed by atoms with Crippen LogP contribution in [0.4, 0.5) is 5.82 Å². The molecule has 0 radical (unpaired) electrons. The van der Waals surface area contributed by atoms with Gasteiger partial charge in [0.05, 0.1) is 11.1 Å². The molecule has 30 heavy (non-hydrogen) atoms. The normalized spacial score (nSPS) is 16.8. The van der Waals surface area contributed by atoms with Gasteiger partial charge in [-0.05, 0) is 75.3 Å². The number of aromatic nitrogens is 3. The summed E-state index contributed by atoms with van der Waals surface area (Å²) in [6.07, 6.45) is 5.53. The number of rotatable bonds is 4. The van der Waals surface area contributed by atoms with Gasteiger partial charge in [-0.1, -0.05) is 15.9 Å². The fourth-order valence-corrected chi connectivity index (χ4v) is 5.50. The quantitative estimate of drug-likeness (QED) is 0.447. The van der Waals surface area contributed by atoms with E-state index >= 15 is 0 Å². The van der Waals surface area contributed by atoms with Crippen LogP contribution in [0.2, 0.25) is 0 Å². The molecular formula is C24H28BrN5. The third-order valence-electron chi connectivity index (χ3n) is 6.09. The van der Waals surface area contributed by atoms with E-state index in [9.17, 15) is 0 Å². The lowest BCUT2D eigenvalue weighted by Gasteiger charge is -2.33. The monoisotopic (exact) mass is 465 g/mol. The second kappa shape index (κ2) is 8.39. The third-order valence-corrected chi connectivity index (χ3v) is 6.55. The molecule has 1 aliphatic heterocycles. The Labute approximate surface area is 187 Å². The van der Waals surface area contributed by atoms with Gasteiger partial charge in [-0.2, -0.15) is 0 Å². The van der Waals surface area contributed by atoms with Gasteiger partial charge >= 0.3 is 0 Å². The van der Waals surface area contributed by atoms with Crippen molar-refractivity contribution >= 4 is 32.8 Å². The summed E-state index contributed by atoms with van der Waals surface area (Å²) in [5.74, 6) is 2.41. The van der Waals surface area contributed by atoms with Crippen LogP contribution in [-0.2, 0) is 0 Å². The molecule has 0 aliphatic carbocycles. The summed E-state index contributed by atoms with van der Waals surface area (Å²) in [6.45, 7) is 18.2. The van der Waals surface area contributed by atoms with Crippen molar-refractivity contribution in [3.63, 3.8) is 0 Å². The number of hydrogen-bond donors (Lipinski definition) is 0. The molecule has 4 rings (SSSR count). The van der Waals surface area contributed by atoms with E-state index < -0.39 is 0 Å². The van der Waals surface area contributed by atoms with E-state index in [4.69, 9.17) is 16.5 Å². The average molecular weight is 466 g/mol. The number of piperidine rings is 1. The third kappa shape index (κ3) is 3.83. The number of anilines is 1. The molecule has 1 atom stereocenters. The zero-order valence-corrected chi connectivity index (χ0v) is 19.8. The first-order valence-corrected chi connectivity index (χ1v) is 11.4. The smallest absolute Gasteiger partial charge is 0.215 e. The largest absolute Gasteiger partial charge is 0.356 e. The summed E-state index contributed by atoms with van der Waals surface area (Å²) in [7, 11) is 0. The summed E-state index contributed by atoms with van der Waals surface area (Å²) in [5, 5.41) is 1.15. The molecule has 5 nitrogen and oxygen atoms in total. The van der Waals surface area contributed by atoms with Crippen LogP contribution < -0.4 is 4.90 Å². The molecule has 0 bridgehead atoms. The maximum atomic E-state index is 7.12. The predicted octanol–water partition coefficient (Wildman–Crippen LogP) is 5.94. The van der Waals surface area contributed by atoms with Crippen LogP contribution in [0.25, 0.3) is 21.6 Å². The second-order valence-electron chi connectivity index (χ2n) is 8.49. The van der Waals surface area contributed by atoms with Crippen molar-refractivity contribution in [1.29, 1.82) is 0 Å². The molecular weight excluding hydrogens is 438 g/mol. The molecule has 1 aromatic carbocycles. The van der Waals surface area contributed by atoms with Crippen molar-refractivity contribution in [2.24, 2.45) is 5.92 Å². The highest BCUT2D eigenvalue weighted by Crippen LogP contribution is 2.35. The maximum absolute atomic E-state index is 7.12. The van der Waals surface area contributed by atoms with Gasteiger partial charge in [0.25, 0.3) is 0 Å². The fourth-order valence-electron chi connectivity index (χ4n) is 4.81. The molecule has 1 fully saturated rings. The Morgan fingerprint density at radius 1 is 1.13 bits per heavy atom. The van der Waals surface area contributed by atoms with Gasteiger partial charge in [0.2, 0.25) is 6.54 Å². The van der Waals surface area contributed by atoms with Crippen molar-refractivity contribution in [2.75, 3.05) is 24.5 Å². The molecule has 3 heterocycles. The number of halogens is 1. The molecule has 3 aromatic rings. The number of fused-ring (bicyclic) bond motifs is 1. The summed E-state index contributed by atoms with van der Waals surface area (Å²) in [6, 6.07) is 4.32. The minimum Gasteiger partial charge on any atom is -0.356 e. The highest BCUT2D eigenvalue weighted by Gasteiger charge is 2.26. The van der Waals surface area contributed by atoms with Crippen LogP contribution in [0.3, 0.4) is 0 Å². The van der Waals surface area contributed by atoms with Gasteiger partial charge in [0, 0.05) is 30.2 Å². The lowest BCUT2D eigenvalue weighted by Crippen LogP contribution is -2.36. The van der Waals surface area contributed by atoms with E-state index in [1.165, 1.54) is 28.8 Å². The molecule has 2 aromatic heterocycles. The first-order valence-electron chi connectivity index (χ1n) is 10.6. The number of nitrogens with zero attached hydrogens (tertiary/aromatic N) is 5. The van der Waals surface area contributed by atoms with Gasteiger partial charge in [0.15, 0.2) is 5.65 Å². The number of hydrogen-bond acceptors (Lipinski definition) is 3. The zero-order valence-electron chi connectivity index (χ0n) is 18.2. The summed E-state index contributed by atoms with van der Waals surface area (Å²) in [4.78, 5) is 15.8. The van der Waals surface area contributed by atoms with Gasteiger partial charge in [-0.25, -0.2) is 16.5 Å². The molecule has 1 unspecified atom stereocenters. The van der Waals surface area contributed by atoms with Crippen molar-refractivity contribution in [3.8, 4) is 5.69 Å². The minimum absolute atomic E-state index is 0.566. The van der Waals surface area contributed by atoms with E-state index in [2.05, 4.69) is 69.3 Å². The van der Waals surface area contributed by atoms with E-state index in [1.54, 1.807) is 0 Å². The van der Waals surface area contributed by atoms with Crippen LogP contribution in [-0.4, -0.2) is 34.2 Å². The van der Waals surface area contributed by atoms with Crippen LogP contribution in [0, 0.1) is 40.2 Å². The molecule has 0 amide bonds. The first-order chi connectivity index (χ1) is 14.4. The fraction of sp³-hybridized carbons (Fsp3) is 0.458. The molecule has 0 N–H and O–H groups in total. The molecule has 6 heteroatoms. The van der Waals surface area contributed by atoms with Crippen molar-refractivity contribution < 1.29 is 0 Å². The van der Waals surface area contributed by atoms with Gasteiger partial charge in [-0.3, -0.25) is 0 Å². The highest BCUT2D eigenvalue weighted by molar-refractivity contribution is 9.10. The Morgan fingerprint density at radius 3 is 2.57 bits per heavy atom. The number of benzene rings is 1. The van der Waals surface area contributed by atoms with E-state index in [1.807, 2.05) is 6.92 Å². The molecule has 0 saturated carbocycles.